The van der Waals surface area contributed by atoms with Gasteiger partial charge in [0.25, 0.3) is 0 Å². The minimum Gasteiger partial charge on any atom is -0.393 e. The first kappa shape index (κ1) is 12.1. The van der Waals surface area contributed by atoms with Crippen LogP contribution in [0.25, 0.3) is 0 Å². The molecule has 1 aromatic carbocycles. The van der Waals surface area contributed by atoms with Crippen LogP contribution >= 0.6 is 0 Å². The maximum absolute atomic E-state index is 12.7. The molecule has 0 bridgehead atoms. The summed E-state index contributed by atoms with van der Waals surface area (Å²) in [7, 11) is 0. The zero-order chi connectivity index (χ0) is 11.3. The zero-order valence-electron chi connectivity index (χ0n) is 9.20. The third-order valence-electron chi connectivity index (χ3n) is 2.38. The number of aliphatic hydroxyl groups excluding tert-OH is 1. The highest BCUT2D eigenvalue weighted by molar-refractivity contribution is 5.19. The lowest BCUT2D eigenvalue weighted by atomic mass is 10.1. The molecule has 15 heavy (non-hydrogen) atoms. The van der Waals surface area contributed by atoms with Crippen LogP contribution in [0.3, 0.4) is 0 Å². The molecule has 0 radical (unpaired) electrons. The molecule has 0 saturated carbocycles. The second-order valence-electron chi connectivity index (χ2n) is 3.87. The molecule has 0 heterocycles. The molecule has 0 spiro atoms. The topological polar surface area (TPSA) is 32.3 Å². The van der Waals surface area contributed by atoms with Gasteiger partial charge in [-0.05, 0) is 44.5 Å². The molecule has 0 aliphatic heterocycles. The van der Waals surface area contributed by atoms with E-state index in [9.17, 15) is 4.39 Å². The third-order valence-corrected chi connectivity index (χ3v) is 2.38. The van der Waals surface area contributed by atoms with Gasteiger partial charge in [-0.3, -0.25) is 0 Å². The van der Waals surface area contributed by atoms with Gasteiger partial charge in [-0.1, -0.05) is 12.1 Å². The number of hydrogen-bond donors (Lipinski definition) is 2. The van der Waals surface area contributed by atoms with Gasteiger partial charge in [-0.15, -0.1) is 0 Å². The Bertz CT molecular complexity index is 284. The van der Waals surface area contributed by atoms with Crippen LogP contribution < -0.4 is 5.32 Å². The molecule has 1 unspecified atom stereocenters. The monoisotopic (exact) mass is 211 g/mol. The van der Waals surface area contributed by atoms with Crippen molar-refractivity contribution in [2.24, 2.45) is 0 Å². The fraction of sp³-hybridized carbons (Fsp3) is 0.500. The second kappa shape index (κ2) is 5.83. The van der Waals surface area contributed by atoms with E-state index in [2.05, 4.69) is 5.32 Å². The van der Waals surface area contributed by atoms with Gasteiger partial charge in [0.05, 0.1) is 6.10 Å². The first-order valence-corrected chi connectivity index (χ1v) is 5.26. The van der Waals surface area contributed by atoms with Crippen molar-refractivity contribution in [1.29, 1.82) is 0 Å². The van der Waals surface area contributed by atoms with E-state index in [0.717, 1.165) is 18.5 Å². The first-order chi connectivity index (χ1) is 7.09. The van der Waals surface area contributed by atoms with Gasteiger partial charge in [0.2, 0.25) is 0 Å². The quantitative estimate of drug-likeness (QED) is 0.783. The van der Waals surface area contributed by atoms with Crippen LogP contribution in [0.2, 0.25) is 0 Å². The van der Waals surface area contributed by atoms with Gasteiger partial charge < -0.3 is 10.4 Å². The maximum atomic E-state index is 12.7. The summed E-state index contributed by atoms with van der Waals surface area (Å²) >= 11 is 0. The van der Waals surface area contributed by atoms with Crippen LogP contribution in [-0.2, 0) is 0 Å². The van der Waals surface area contributed by atoms with Crippen molar-refractivity contribution >= 4 is 0 Å². The molecule has 2 nitrogen and oxygen atoms in total. The van der Waals surface area contributed by atoms with E-state index < -0.39 is 0 Å². The number of hydrogen-bond acceptors (Lipinski definition) is 2. The number of nitrogens with one attached hydrogen (secondary N) is 1. The highest BCUT2D eigenvalue weighted by atomic mass is 19.1. The summed E-state index contributed by atoms with van der Waals surface area (Å²) in [5.41, 5.74) is 1.06. The molecule has 84 valence electrons. The average molecular weight is 211 g/mol. The van der Waals surface area contributed by atoms with E-state index in [0.29, 0.717) is 0 Å². The minimum absolute atomic E-state index is 0.185. The van der Waals surface area contributed by atoms with E-state index in [1.165, 1.54) is 12.1 Å². The Morgan fingerprint density at radius 1 is 1.27 bits per heavy atom. The van der Waals surface area contributed by atoms with Gasteiger partial charge >= 0.3 is 0 Å². The van der Waals surface area contributed by atoms with E-state index in [1.807, 2.05) is 6.92 Å². The number of aliphatic hydroxyl groups is 1. The van der Waals surface area contributed by atoms with Crippen molar-refractivity contribution < 1.29 is 9.50 Å². The van der Waals surface area contributed by atoms with E-state index in [4.69, 9.17) is 5.11 Å². The van der Waals surface area contributed by atoms with Gasteiger partial charge in [0, 0.05) is 6.04 Å². The normalized spacial score (nSPS) is 14.9. The van der Waals surface area contributed by atoms with E-state index >= 15 is 0 Å². The summed E-state index contributed by atoms with van der Waals surface area (Å²) in [5, 5.41) is 12.3. The predicted molar refractivity (Wildman–Crippen MR) is 59.1 cm³/mol. The lowest BCUT2D eigenvalue weighted by Gasteiger charge is -2.14. The lowest BCUT2D eigenvalue weighted by molar-refractivity contribution is 0.182. The summed E-state index contributed by atoms with van der Waals surface area (Å²) < 4.78 is 12.7. The predicted octanol–water partition coefficient (Wildman–Crippen LogP) is 2.25. The molecule has 0 saturated heterocycles. The molecule has 3 heteroatoms. The molecule has 0 aromatic heterocycles. The van der Waals surface area contributed by atoms with Crippen molar-refractivity contribution in [2.45, 2.75) is 32.4 Å². The number of halogens is 1. The number of rotatable bonds is 5. The van der Waals surface area contributed by atoms with Crippen molar-refractivity contribution in [3.8, 4) is 0 Å². The van der Waals surface area contributed by atoms with Gasteiger partial charge in [0.1, 0.15) is 5.82 Å². The lowest BCUT2D eigenvalue weighted by Crippen LogP contribution is -2.22. The Hall–Kier alpha value is -0.930. The highest BCUT2D eigenvalue weighted by Crippen LogP contribution is 2.12. The van der Waals surface area contributed by atoms with Gasteiger partial charge in [0.15, 0.2) is 0 Å². The molecule has 1 aromatic rings. The van der Waals surface area contributed by atoms with Crippen LogP contribution in [-0.4, -0.2) is 17.8 Å². The molecule has 2 N–H and O–H groups in total. The first-order valence-electron chi connectivity index (χ1n) is 5.26. The SMILES string of the molecule is CC(O)CCN[C@H](C)c1ccc(F)cc1. The van der Waals surface area contributed by atoms with Crippen molar-refractivity contribution in [1.82, 2.24) is 5.32 Å². The number of benzene rings is 1. The Labute approximate surface area is 90.1 Å². The van der Waals surface area contributed by atoms with Gasteiger partial charge in [-0.2, -0.15) is 0 Å². The minimum atomic E-state index is -0.280. The molecule has 0 amide bonds. The summed E-state index contributed by atoms with van der Waals surface area (Å²) in [6, 6.07) is 6.65. The molecule has 2 atom stereocenters. The van der Waals surface area contributed by atoms with Crippen molar-refractivity contribution in [3.63, 3.8) is 0 Å². The maximum Gasteiger partial charge on any atom is 0.123 e. The van der Waals surface area contributed by atoms with E-state index in [1.54, 1.807) is 19.1 Å². The summed E-state index contributed by atoms with van der Waals surface area (Å²) in [6.45, 7) is 4.55. The van der Waals surface area contributed by atoms with Crippen LogP contribution in [0.4, 0.5) is 4.39 Å². The van der Waals surface area contributed by atoms with Gasteiger partial charge in [-0.25, -0.2) is 4.39 Å². The van der Waals surface area contributed by atoms with E-state index in [-0.39, 0.29) is 18.0 Å². The Morgan fingerprint density at radius 2 is 1.87 bits per heavy atom. The Kier molecular flexibility index (Phi) is 4.72. The van der Waals surface area contributed by atoms with Crippen molar-refractivity contribution in [2.75, 3.05) is 6.54 Å². The highest BCUT2D eigenvalue weighted by Gasteiger charge is 2.04. The molecule has 1 rings (SSSR count). The molecule has 0 fully saturated rings. The summed E-state index contributed by atoms with van der Waals surface area (Å²) in [6.07, 6.45) is 0.448. The Balaban J connectivity index is 2.40. The molecular formula is C12H18FNO. The third kappa shape index (κ3) is 4.40. The van der Waals surface area contributed by atoms with Crippen LogP contribution in [0.15, 0.2) is 24.3 Å². The second-order valence-corrected chi connectivity index (χ2v) is 3.87. The Morgan fingerprint density at radius 3 is 2.40 bits per heavy atom. The standard InChI is InChI=1S/C12H18FNO/c1-9(15)7-8-14-10(2)11-3-5-12(13)6-4-11/h3-6,9-10,14-15H,7-8H2,1-2H3/t9?,10-/m1/s1. The van der Waals surface area contributed by atoms with Crippen molar-refractivity contribution in [3.05, 3.63) is 35.6 Å². The molecule has 0 aliphatic rings. The largest absolute Gasteiger partial charge is 0.393 e. The average Bonchev–Trinajstić information content (AvgIpc) is 2.18. The zero-order valence-corrected chi connectivity index (χ0v) is 9.20. The molecule has 0 aliphatic carbocycles. The van der Waals surface area contributed by atoms with Crippen LogP contribution in [0, 0.1) is 5.82 Å². The fourth-order valence-corrected chi connectivity index (χ4v) is 1.38. The molecular weight excluding hydrogens is 193 g/mol. The van der Waals surface area contributed by atoms with Crippen LogP contribution in [0.1, 0.15) is 31.9 Å². The smallest absolute Gasteiger partial charge is 0.123 e. The summed E-state index contributed by atoms with van der Waals surface area (Å²) in [5.74, 6) is -0.213. The summed E-state index contributed by atoms with van der Waals surface area (Å²) in [4.78, 5) is 0. The fourth-order valence-electron chi connectivity index (χ4n) is 1.38. The van der Waals surface area contributed by atoms with Crippen LogP contribution in [0.5, 0.6) is 0 Å².